The molecule has 0 aliphatic carbocycles. The van der Waals surface area contributed by atoms with E-state index in [1.54, 1.807) is 54.6 Å². The van der Waals surface area contributed by atoms with Gasteiger partial charge >= 0.3 is 5.97 Å². The molecule has 9 heteroatoms. The second-order valence-electron chi connectivity index (χ2n) is 6.44. The van der Waals surface area contributed by atoms with Crippen LogP contribution >= 0.6 is 0 Å². The van der Waals surface area contributed by atoms with Crippen molar-refractivity contribution in [1.29, 1.82) is 0 Å². The maximum Gasteiger partial charge on any atom is 0.338 e. The van der Waals surface area contributed by atoms with E-state index in [9.17, 15) is 20.1 Å². The highest BCUT2D eigenvalue weighted by Gasteiger charge is 2.48. The van der Waals surface area contributed by atoms with Crippen molar-refractivity contribution in [2.24, 2.45) is 0 Å². The lowest BCUT2D eigenvalue weighted by Gasteiger charge is -2.41. The maximum atomic E-state index is 12.2. The fraction of sp³-hybridized carbons (Fsp3) is 0.350. The molecule has 1 fully saturated rings. The monoisotopic (exact) mass is 406 g/mol. The number of esters is 1. The molecule has 4 N–H and O–H groups in total. The summed E-state index contributed by atoms with van der Waals surface area (Å²) in [5.74, 6) is -0.358. The SMILES string of the molecule is O=C(OC[C@H]1O[C@@H](O)[C@H](OO)[C@@H](O)[C@@H]1Oc1ccccc1CO)c1ccccc1. The van der Waals surface area contributed by atoms with Gasteiger partial charge in [0.25, 0.3) is 0 Å². The molecule has 1 aliphatic heterocycles. The highest BCUT2D eigenvalue weighted by Crippen LogP contribution is 2.28. The van der Waals surface area contributed by atoms with Gasteiger partial charge in [-0.1, -0.05) is 36.4 Å². The summed E-state index contributed by atoms with van der Waals surface area (Å²) < 4.78 is 16.4. The molecule has 0 bridgehead atoms. The summed E-state index contributed by atoms with van der Waals surface area (Å²) in [7, 11) is 0. The largest absolute Gasteiger partial charge is 0.484 e. The number of para-hydroxylation sites is 1. The van der Waals surface area contributed by atoms with Crippen LogP contribution in [0.3, 0.4) is 0 Å². The van der Waals surface area contributed by atoms with Crippen molar-refractivity contribution in [3.63, 3.8) is 0 Å². The van der Waals surface area contributed by atoms with Gasteiger partial charge in [-0.05, 0) is 18.2 Å². The third kappa shape index (κ3) is 4.91. The summed E-state index contributed by atoms with van der Waals surface area (Å²) in [6, 6.07) is 14.9. The number of benzene rings is 2. The Bertz CT molecular complexity index is 798. The summed E-state index contributed by atoms with van der Waals surface area (Å²) >= 11 is 0. The molecule has 9 nitrogen and oxygen atoms in total. The zero-order chi connectivity index (χ0) is 20.8. The van der Waals surface area contributed by atoms with E-state index in [4.69, 9.17) is 19.5 Å². The zero-order valence-electron chi connectivity index (χ0n) is 15.3. The Kier molecular flexibility index (Phi) is 7.15. The van der Waals surface area contributed by atoms with Crippen molar-refractivity contribution >= 4 is 5.97 Å². The Balaban J connectivity index is 1.77. The number of hydrogen-bond acceptors (Lipinski definition) is 9. The van der Waals surface area contributed by atoms with Crippen molar-refractivity contribution < 1.29 is 44.5 Å². The average Bonchev–Trinajstić information content (AvgIpc) is 2.75. The van der Waals surface area contributed by atoms with E-state index in [0.29, 0.717) is 11.1 Å². The van der Waals surface area contributed by atoms with Gasteiger partial charge in [0.2, 0.25) is 0 Å². The molecule has 0 saturated carbocycles. The van der Waals surface area contributed by atoms with Gasteiger partial charge in [-0.15, -0.1) is 0 Å². The highest BCUT2D eigenvalue weighted by molar-refractivity contribution is 5.89. The number of aliphatic hydroxyl groups excluding tert-OH is 3. The van der Waals surface area contributed by atoms with Crippen LogP contribution in [0.25, 0.3) is 0 Å². The molecule has 3 rings (SSSR count). The molecule has 156 valence electrons. The minimum absolute atomic E-state index is 0.259. The average molecular weight is 406 g/mol. The summed E-state index contributed by atoms with van der Waals surface area (Å²) in [5.41, 5.74) is 0.774. The predicted octanol–water partition coefficient (Wildman–Crippen LogP) is 0.720. The molecule has 29 heavy (non-hydrogen) atoms. The van der Waals surface area contributed by atoms with Crippen LogP contribution in [0, 0.1) is 0 Å². The molecule has 0 unspecified atom stereocenters. The molecule has 1 heterocycles. The molecule has 0 aromatic heterocycles. The lowest BCUT2D eigenvalue weighted by molar-refractivity contribution is -0.379. The van der Waals surface area contributed by atoms with E-state index in [0.717, 1.165) is 0 Å². The van der Waals surface area contributed by atoms with E-state index in [1.807, 2.05) is 0 Å². The molecule has 0 amide bonds. The van der Waals surface area contributed by atoms with E-state index >= 15 is 0 Å². The van der Waals surface area contributed by atoms with Crippen molar-refractivity contribution in [3.05, 3.63) is 65.7 Å². The standard InChI is InChI=1S/C20H22O9/c21-10-13-8-4-5-9-14(13)27-17-15(28-20(24)18(29-25)16(17)22)11-26-19(23)12-6-2-1-3-7-12/h1-9,15-18,20-22,24-25H,10-11H2/t15-,16+,17-,18-,20-/m1/s1. The quantitative estimate of drug-likeness (QED) is 0.298. The van der Waals surface area contributed by atoms with Gasteiger partial charge in [-0.25, -0.2) is 9.68 Å². The second-order valence-corrected chi connectivity index (χ2v) is 6.44. The molecule has 1 aliphatic rings. The van der Waals surface area contributed by atoms with Crippen molar-refractivity contribution in [3.8, 4) is 5.75 Å². The van der Waals surface area contributed by atoms with Gasteiger partial charge in [0, 0.05) is 5.56 Å². The highest BCUT2D eigenvalue weighted by atomic mass is 17.1. The Morgan fingerprint density at radius 2 is 1.69 bits per heavy atom. The molecule has 1 saturated heterocycles. The first-order valence-corrected chi connectivity index (χ1v) is 8.94. The van der Waals surface area contributed by atoms with E-state index in [2.05, 4.69) is 4.89 Å². The lowest BCUT2D eigenvalue weighted by atomic mass is 9.98. The van der Waals surface area contributed by atoms with Crippen molar-refractivity contribution in [2.75, 3.05) is 6.61 Å². The Morgan fingerprint density at radius 1 is 1.00 bits per heavy atom. The third-order valence-electron chi connectivity index (χ3n) is 4.55. The van der Waals surface area contributed by atoms with Crippen LogP contribution in [0.4, 0.5) is 0 Å². The predicted molar refractivity (Wildman–Crippen MR) is 97.9 cm³/mol. The van der Waals surface area contributed by atoms with Crippen LogP contribution < -0.4 is 4.74 Å². The first-order valence-electron chi connectivity index (χ1n) is 8.94. The van der Waals surface area contributed by atoms with E-state index < -0.39 is 36.7 Å². The van der Waals surface area contributed by atoms with Crippen LogP contribution in [0.1, 0.15) is 15.9 Å². The third-order valence-corrected chi connectivity index (χ3v) is 4.55. The topological polar surface area (TPSA) is 135 Å². The van der Waals surface area contributed by atoms with Gasteiger partial charge in [0.15, 0.2) is 18.5 Å². The minimum Gasteiger partial charge on any atom is -0.484 e. The van der Waals surface area contributed by atoms with E-state index in [1.165, 1.54) is 0 Å². The lowest BCUT2D eigenvalue weighted by Crippen LogP contribution is -2.61. The van der Waals surface area contributed by atoms with Gasteiger partial charge < -0.3 is 29.5 Å². The molecule has 5 atom stereocenters. The normalized spacial score (nSPS) is 26.7. The molecular weight excluding hydrogens is 384 g/mol. The van der Waals surface area contributed by atoms with Gasteiger partial charge in [-0.2, -0.15) is 0 Å². The minimum atomic E-state index is -1.68. The van der Waals surface area contributed by atoms with Crippen LogP contribution in [-0.4, -0.2) is 63.9 Å². The molecule has 2 aromatic carbocycles. The summed E-state index contributed by atoms with van der Waals surface area (Å²) in [5, 5.41) is 39.0. The van der Waals surface area contributed by atoms with Crippen LogP contribution in [-0.2, 0) is 21.0 Å². The Labute approximate surface area is 166 Å². The number of hydrogen-bond donors (Lipinski definition) is 4. The van der Waals surface area contributed by atoms with Crippen LogP contribution in [0.5, 0.6) is 5.75 Å². The number of ether oxygens (including phenoxy) is 3. The smallest absolute Gasteiger partial charge is 0.338 e. The number of aliphatic hydroxyl groups is 3. The molecule has 0 radical (unpaired) electrons. The van der Waals surface area contributed by atoms with Crippen molar-refractivity contribution in [1.82, 2.24) is 0 Å². The Morgan fingerprint density at radius 3 is 2.38 bits per heavy atom. The number of carbonyl (C=O) groups excluding carboxylic acids is 1. The molecule has 0 spiro atoms. The second kappa shape index (κ2) is 9.79. The number of carbonyl (C=O) groups is 1. The van der Waals surface area contributed by atoms with E-state index in [-0.39, 0.29) is 19.0 Å². The molecule has 2 aromatic rings. The summed E-state index contributed by atoms with van der Waals surface area (Å²) in [6.45, 7) is -0.651. The summed E-state index contributed by atoms with van der Waals surface area (Å²) in [6.07, 6.45) is -6.95. The molecular formula is C20H22O9. The number of rotatable bonds is 7. The van der Waals surface area contributed by atoms with Gasteiger partial charge in [0.05, 0.1) is 12.2 Å². The zero-order valence-corrected chi connectivity index (χ0v) is 15.3. The van der Waals surface area contributed by atoms with Crippen molar-refractivity contribution in [2.45, 2.75) is 37.3 Å². The summed E-state index contributed by atoms with van der Waals surface area (Å²) in [4.78, 5) is 16.3. The van der Waals surface area contributed by atoms with Crippen LogP contribution in [0.2, 0.25) is 0 Å². The first-order chi connectivity index (χ1) is 14.0. The van der Waals surface area contributed by atoms with Gasteiger partial charge in [-0.3, -0.25) is 5.26 Å². The van der Waals surface area contributed by atoms with Gasteiger partial charge in [0.1, 0.15) is 24.6 Å². The fourth-order valence-corrected chi connectivity index (χ4v) is 3.02. The van der Waals surface area contributed by atoms with Crippen LogP contribution in [0.15, 0.2) is 54.6 Å². The first kappa shape index (κ1) is 21.2. The maximum absolute atomic E-state index is 12.2. The Hall–Kier alpha value is -2.53. The fourth-order valence-electron chi connectivity index (χ4n) is 3.02.